The number of rotatable bonds is 6. The monoisotopic (exact) mass is 283 g/mol. The number of hydrogen-bond donors (Lipinski definition) is 2. The number of methoxy groups -OCH3 is 3. The van der Waals surface area contributed by atoms with E-state index in [1.807, 2.05) is 0 Å². The van der Waals surface area contributed by atoms with E-state index in [1.54, 1.807) is 18.2 Å². The summed E-state index contributed by atoms with van der Waals surface area (Å²) in [4.78, 5) is 22.2. The predicted octanol–water partition coefficient (Wildman–Crippen LogP) is 1.06. The first-order valence-corrected chi connectivity index (χ1v) is 5.80. The van der Waals surface area contributed by atoms with Gasteiger partial charge < -0.3 is 24.6 Å². The number of nitrogens with one attached hydrogen (secondary N) is 1. The Morgan fingerprint density at radius 1 is 1.20 bits per heavy atom. The fourth-order valence-corrected chi connectivity index (χ4v) is 1.64. The second-order valence-electron chi connectivity index (χ2n) is 3.92. The number of alkyl carbamates (subject to hydrolysis) is 1. The van der Waals surface area contributed by atoms with Crippen LogP contribution in [0.3, 0.4) is 0 Å². The van der Waals surface area contributed by atoms with Crippen LogP contribution in [0.25, 0.3) is 0 Å². The molecule has 1 atom stereocenters. The van der Waals surface area contributed by atoms with E-state index < -0.39 is 18.1 Å². The summed E-state index contributed by atoms with van der Waals surface area (Å²) >= 11 is 0. The van der Waals surface area contributed by atoms with Crippen molar-refractivity contribution in [1.29, 1.82) is 0 Å². The fourth-order valence-electron chi connectivity index (χ4n) is 1.64. The number of carboxylic acids is 1. The molecule has 2 N–H and O–H groups in total. The van der Waals surface area contributed by atoms with E-state index in [4.69, 9.17) is 14.6 Å². The van der Waals surface area contributed by atoms with Gasteiger partial charge in [0, 0.05) is 6.42 Å². The highest BCUT2D eigenvalue weighted by molar-refractivity contribution is 5.80. The van der Waals surface area contributed by atoms with Gasteiger partial charge in [-0.05, 0) is 17.7 Å². The third-order valence-corrected chi connectivity index (χ3v) is 2.66. The van der Waals surface area contributed by atoms with Gasteiger partial charge >= 0.3 is 12.1 Å². The van der Waals surface area contributed by atoms with Crippen molar-refractivity contribution in [2.24, 2.45) is 0 Å². The third kappa shape index (κ3) is 4.04. The molecule has 20 heavy (non-hydrogen) atoms. The number of carbonyl (C=O) groups excluding carboxylic acids is 1. The molecule has 1 aromatic rings. The van der Waals surface area contributed by atoms with Crippen LogP contribution in [-0.4, -0.2) is 44.5 Å². The van der Waals surface area contributed by atoms with Gasteiger partial charge in [-0.15, -0.1) is 0 Å². The van der Waals surface area contributed by atoms with E-state index in [0.717, 1.165) is 0 Å². The lowest BCUT2D eigenvalue weighted by Crippen LogP contribution is -2.42. The van der Waals surface area contributed by atoms with Crippen LogP contribution in [0.5, 0.6) is 11.5 Å². The van der Waals surface area contributed by atoms with Gasteiger partial charge in [-0.2, -0.15) is 0 Å². The van der Waals surface area contributed by atoms with E-state index in [9.17, 15) is 9.59 Å². The van der Waals surface area contributed by atoms with Crippen LogP contribution in [0.4, 0.5) is 4.79 Å². The van der Waals surface area contributed by atoms with Crippen molar-refractivity contribution in [2.75, 3.05) is 21.3 Å². The molecule has 1 aromatic carbocycles. The predicted molar refractivity (Wildman–Crippen MR) is 70.2 cm³/mol. The summed E-state index contributed by atoms with van der Waals surface area (Å²) in [5, 5.41) is 11.3. The zero-order valence-electron chi connectivity index (χ0n) is 11.5. The highest BCUT2D eigenvalue weighted by Gasteiger charge is 2.21. The van der Waals surface area contributed by atoms with Crippen LogP contribution in [0, 0.1) is 0 Å². The van der Waals surface area contributed by atoms with Gasteiger partial charge in [0.2, 0.25) is 0 Å². The Kier molecular flexibility index (Phi) is 5.64. The molecule has 110 valence electrons. The lowest BCUT2D eigenvalue weighted by molar-refractivity contribution is -0.139. The van der Waals surface area contributed by atoms with Crippen molar-refractivity contribution in [2.45, 2.75) is 12.5 Å². The molecule has 1 amide bonds. The molecule has 0 aliphatic rings. The van der Waals surface area contributed by atoms with Gasteiger partial charge in [-0.25, -0.2) is 9.59 Å². The molecule has 1 rings (SSSR count). The first-order valence-electron chi connectivity index (χ1n) is 5.80. The summed E-state index contributed by atoms with van der Waals surface area (Å²) in [6.07, 6.45) is -0.692. The lowest BCUT2D eigenvalue weighted by atomic mass is 10.1. The highest BCUT2D eigenvalue weighted by Crippen LogP contribution is 2.27. The van der Waals surface area contributed by atoms with Gasteiger partial charge in [0.1, 0.15) is 6.04 Å². The maximum absolute atomic E-state index is 11.1. The maximum atomic E-state index is 11.1. The molecule has 0 aromatic heterocycles. The average molecular weight is 283 g/mol. The van der Waals surface area contributed by atoms with E-state index >= 15 is 0 Å². The van der Waals surface area contributed by atoms with Crippen LogP contribution in [-0.2, 0) is 16.0 Å². The largest absolute Gasteiger partial charge is 0.493 e. The normalized spacial score (nSPS) is 11.3. The summed E-state index contributed by atoms with van der Waals surface area (Å²) in [5.74, 6) is -0.110. The van der Waals surface area contributed by atoms with Crippen LogP contribution in [0.2, 0.25) is 0 Å². The number of aliphatic carboxylic acids is 1. The van der Waals surface area contributed by atoms with Crippen molar-refractivity contribution < 1.29 is 28.9 Å². The number of amides is 1. The molecule has 0 aliphatic heterocycles. The van der Waals surface area contributed by atoms with E-state index in [-0.39, 0.29) is 6.42 Å². The fraction of sp³-hybridized carbons (Fsp3) is 0.385. The Morgan fingerprint density at radius 2 is 1.85 bits per heavy atom. The molecule has 0 spiro atoms. The maximum Gasteiger partial charge on any atom is 0.407 e. The molecule has 0 saturated carbocycles. The first kappa shape index (κ1) is 15.6. The number of hydrogen-bond acceptors (Lipinski definition) is 5. The molecule has 0 saturated heterocycles. The van der Waals surface area contributed by atoms with E-state index in [1.165, 1.54) is 21.3 Å². The van der Waals surface area contributed by atoms with E-state index in [0.29, 0.717) is 17.1 Å². The third-order valence-electron chi connectivity index (χ3n) is 2.66. The highest BCUT2D eigenvalue weighted by atomic mass is 16.5. The van der Waals surface area contributed by atoms with Crippen LogP contribution in [0.15, 0.2) is 18.2 Å². The van der Waals surface area contributed by atoms with Crippen molar-refractivity contribution in [3.63, 3.8) is 0 Å². The summed E-state index contributed by atoms with van der Waals surface area (Å²) in [7, 11) is 4.17. The number of ether oxygens (including phenoxy) is 3. The Balaban J connectivity index is 2.88. The quantitative estimate of drug-likeness (QED) is 0.810. The minimum absolute atomic E-state index is 0.102. The van der Waals surface area contributed by atoms with Gasteiger partial charge in [-0.3, -0.25) is 0 Å². The number of benzene rings is 1. The standard InChI is InChI=1S/C13H17NO6/c1-18-10-5-4-8(7-11(10)19-2)6-9(12(15)16)14-13(17)20-3/h4-5,7,9H,6H2,1-3H3,(H,14,17)(H,15,16). The summed E-state index contributed by atoms with van der Waals surface area (Å²) in [6.45, 7) is 0. The molecule has 0 heterocycles. The molecule has 0 bridgehead atoms. The second-order valence-corrected chi connectivity index (χ2v) is 3.92. The first-order chi connectivity index (χ1) is 9.51. The van der Waals surface area contributed by atoms with Crippen LogP contribution >= 0.6 is 0 Å². The SMILES string of the molecule is COC(=O)NC(Cc1ccc(OC)c(OC)c1)C(=O)O. The van der Waals surface area contributed by atoms with Gasteiger partial charge in [0.25, 0.3) is 0 Å². The zero-order valence-corrected chi connectivity index (χ0v) is 11.5. The van der Waals surface area contributed by atoms with Crippen LogP contribution < -0.4 is 14.8 Å². The Morgan fingerprint density at radius 3 is 2.35 bits per heavy atom. The lowest BCUT2D eigenvalue weighted by Gasteiger charge is -2.15. The Hall–Kier alpha value is -2.44. The summed E-state index contributed by atoms with van der Waals surface area (Å²) < 4.78 is 14.6. The Labute approximate surface area is 116 Å². The summed E-state index contributed by atoms with van der Waals surface area (Å²) in [5.41, 5.74) is 0.687. The molecule has 0 aliphatic carbocycles. The molecule has 1 unspecified atom stereocenters. The van der Waals surface area contributed by atoms with Gasteiger partial charge in [0.05, 0.1) is 21.3 Å². The molecule has 0 radical (unpaired) electrons. The average Bonchev–Trinajstić information content (AvgIpc) is 2.45. The smallest absolute Gasteiger partial charge is 0.407 e. The van der Waals surface area contributed by atoms with Gasteiger partial charge in [-0.1, -0.05) is 6.07 Å². The van der Waals surface area contributed by atoms with Crippen molar-refractivity contribution in [1.82, 2.24) is 5.32 Å². The Bertz CT molecular complexity index is 488. The molecular formula is C13H17NO6. The second kappa shape index (κ2) is 7.22. The van der Waals surface area contributed by atoms with Crippen LogP contribution in [0.1, 0.15) is 5.56 Å². The van der Waals surface area contributed by atoms with Crippen molar-refractivity contribution in [3.05, 3.63) is 23.8 Å². The topological polar surface area (TPSA) is 94.1 Å². The number of carbonyl (C=O) groups is 2. The molecule has 7 heteroatoms. The minimum Gasteiger partial charge on any atom is -0.493 e. The molecule has 7 nitrogen and oxygen atoms in total. The van der Waals surface area contributed by atoms with Gasteiger partial charge in [0.15, 0.2) is 11.5 Å². The van der Waals surface area contributed by atoms with Crippen molar-refractivity contribution >= 4 is 12.1 Å². The number of carboxylic acid groups (broad SMARTS) is 1. The minimum atomic E-state index is -1.15. The molecule has 0 fully saturated rings. The zero-order chi connectivity index (χ0) is 15.1. The molecular weight excluding hydrogens is 266 g/mol. The van der Waals surface area contributed by atoms with E-state index in [2.05, 4.69) is 10.1 Å². The van der Waals surface area contributed by atoms with Crippen molar-refractivity contribution in [3.8, 4) is 11.5 Å². The summed E-state index contributed by atoms with van der Waals surface area (Å²) in [6, 6.07) is 3.95.